The van der Waals surface area contributed by atoms with Crippen molar-refractivity contribution in [1.82, 2.24) is 15.2 Å². The molecule has 0 spiro atoms. The zero-order valence-electron chi connectivity index (χ0n) is 15.1. The van der Waals surface area contributed by atoms with Gasteiger partial charge < -0.3 is 0 Å². The highest BCUT2D eigenvalue weighted by Crippen LogP contribution is 2.32. The number of rotatable bonds is 4. The van der Waals surface area contributed by atoms with Crippen LogP contribution in [0.4, 0.5) is 0 Å². The highest BCUT2D eigenvalue weighted by molar-refractivity contribution is 7.89. The topological polar surface area (TPSA) is 102 Å². The molecule has 0 saturated heterocycles. The highest BCUT2D eigenvalue weighted by atomic mass is 32.2. The van der Waals surface area contributed by atoms with Crippen molar-refractivity contribution < 1.29 is 8.42 Å². The van der Waals surface area contributed by atoms with E-state index in [0.717, 1.165) is 39.1 Å². The Morgan fingerprint density at radius 1 is 0.857 bits per heavy atom. The van der Waals surface area contributed by atoms with Crippen LogP contribution in [-0.4, -0.2) is 23.6 Å². The second-order valence-electron chi connectivity index (χ2n) is 6.49. The zero-order chi connectivity index (χ0) is 19.7. The number of nitrogens with one attached hydrogen (secondary N) is 1. The fraction of sp³-hybridized carbons (Fsp3) is 0.0476. The van der Waals surface area contributed by atoms with Gasteiger partial charge in [-0.2, -0.15) is 5.10 Å². The highest BCUT2D eigenvalue weighted by Gasteiger charge is 2.12. The first-order valence-electron chi connectivity index (χ1n) is 8.61. The van der Waals surface area contributed by atoms with E-state index in [9.17, 15) is 8.42 Å². The number of aryl methyl sites for hydroxylation is 1. The van der Waals surface area contributed by atoms with Crippen molar-refractivity contribution >= 4 is 10.0 Å². The summed E-state index contributed by atoms with van der Waals surface area (Å²) in [7, 11) is -3.71. The molecule has 0 aliphatic carbocycles. The molecule has 2 aromatic heterocycles. The summed E-state index contributed by atoms with van der Waals surface area (Å²) in [6, 6.07) is 16.8. The minimum atomic E-state index is -3.71. The van der Waals surface area contributed by atoms with Gasteiger partial charge in [0.05, 0.1) is 16.8 Å². The molecule has 4 rings (SSSR count). The molecule has 6 nitrogen and oxygen atoms in total. The molecule has 2 heterocycles. The molecule has 0 unspecified atom stereocenters. The molecule has 2 aromatic carbocycles. The monoisotopic (exact) mass is 390 g/mol. The van der Waals surface area contributed by atoms with Gasteiger partial charge in [-0.15, -0.1) is 0 Å². The van der Waals surface area contributed by atoms with E-state index in [1.54, 1.807) is 30.7 Å². The first-order chi connectivity index (χ1) is 13.4. The van der Waals surface area contributed by atoms with Crippen LogP contribution in [0.15, 0.2) is 78.1 Å². The van der Waals surface area contributed by atoms with Crippen LogP contribution in [0.5, 0.6) is 0 Å². The fourth-order valence-corrected chi connectivity index (χ4v) is 3.81. The van der Waals surface area contributed by atoms with Gasteiger partial charge in [-0.05, 0) is 53.4 Å². The molecule has 0 aliphatic heterocycles. The van der Waals surface area contributed by atoms with Crippen molar-refractivity contribution in [1.29, 1.82) is 0 Å². The molecule has 0 radical (unpaired) electrons. The van der Waals surface area contributed by atoms with Crippen molar-refractivity contribution in [2.24, 2.45) is 5.14 Å². The number of aromatic amines is 1. The van der Waals surface area contributed by atoms with Crippen LogP contribution in [0.25, 0.3) is 33.5 Å². The molecule has 0 amide bonds. The summed E-state index contributed by atoms with van der Waals surface area (Å²) in [6.07, 6.45) is 5.30. The Morgan fingerprint density at radius 2 is 1.50 bits per heavy atom. The van der Waals surface area contributed by atoms with Crippen LogP contribution < -0.4 is 5.14 Å². The standard InChI is InChI=1S/C21H18N4O2S/c1-14-12-18(28(22,26)27)6-7-19(14)15-2-4-16(5-3-15)20-13-24-25-21(20)17-8-10-23-11-9-17/h2-13H,1H3,(H,24,25)(H2,22,26,27). The van der Waals surface area contributed by atoms with Crippen molar-refractivity contribution in [3.63, 3.8) is 0 Å². The van der Waals surface area contributed by atoms with Crippen LogP contribution in [0, 0.1) is 6.92 Å². The van der Waals surface area contributed by atoms with E-state index in [1.165, 1.54) is 6.07 Å². The third-order valence-corrected chi connectivity index (χ3v) is 5.55. The lowest BCUT2D eigenvalue weighted by Gasteiger charge is -2.09. The molecule has 0 aliphatic rings. The Hall–Kier alpha value is -3.29. The van der Waals surface area contributed by atoms with E-state index in [1.807, 2.05) is 43.3 Å². The van der Waals surface area contributed by atoms with Gasteiger partial charge in [-0.25, -0.2) is 13.6 Å². The van der Waals surface area contributed by atoms with E-state index in [2.05, 4.69) is 15.2 Å². The Morgan fingerprint density at radius 3 is 2.11 bits per heavy atom. The molecular formula is C21H18N4O2S. The third-order valence-electron chi connectivity index (χ3n) is 4.64. The smallest absolute Gasteiger partial charge is 0.238 e. The first-order valence-corrected chi connectivity index (χ1v) is 10.2. The van der Waals surface area contributed by atoms with E-state index in [0.29, 0.717) is 0 Å². The summed E-state index contributed by atoms with van der Waals surface area (Å²) < 4.78 is 23.0. The minimum absolute atomic E-state index is 0.116. The van der Waals surface area contributed by atoms with Crippen molar-refractivity contribution in [3.05, 3.63) is 78.8 Å². The zero-order valence-corrected chi connectivity index (χ0v) is 15.9. The van der Waals surface area contributed by atoms with Crippen LogP contribution in [-0.2, 0) is 10.0 Å². The van der Waals surface area contributed by atoms with Gasteiger partial charge in [0.25, 0.3) is 0 Å². The van der Waals surface area contributed by atoms with Crippen LogP contribution in [0.2, 0.25) is 0 Å². The lowest BCUT2D eigenvalue weighted by Crippen LogP contribution is -2.12. The molecule has 0 bridgehead atoms. The molecule has 0 fully saturated rings. The summed E-state index contributed by atoms with van der Waals surface area (Å²) in [4.78, 5) is 4.17. The predicted octanol–water partition coefficient (Wildman–Crippen LogP) is 3.76. The number of hydrogen-bond donors (Lipinski definition) is 2. The Bertz CT molecular complexity index is 1230. The minimum Gasteiger partial charge on any atom is -0.277 e. The summed E-state index contributed by atoms with van der Waals surface area (Å²) in [5.74, 6) is 0. The van der Waals surface area contributed by atoms with Gasteiger partial charge in [-0.1, -0.05) is 30.3 Å². The number of aromatic nitrogens is 3. The number of primary sulfonamides is 1. The Kier molecular flexibility index (Phi) is 4.54. The van der Waals surface area contributed by atoms with Crippen molar-refractivity contribution in [2.45, 2.75) is 11.8 Å². The number of hydrogen-bond acceptors (Lipinski definition) is 4. The summed E-state index contributed by atoms with van der Waals surface area (Å²) >= 11 is 0. The Labute approximate surface area is 163 Å². The van der Waals surface area contributed by atoms with Crippen LogP contribution in [0.3, 0.4) is 0 Å². The Balaban J connectivity index is 1.69. The SMILES string of the molecule is Cc1cc(S(N)(=O)=O)ccc1-c1ccc(-c2cn[nH]c2-c2ccncc2)cc1. The van der Waals surface area contributed by atoms with Crippen LogP contribution in [0.1, 0.15) is 5.56 Å². The summed E-state index contributed by atoms with van der Waals surface area (Å²) in [5, 5.41) is 12.4. The molecule has 3 N–H and O–H groups in total. The van der Waals surface area contributed by atoms with Gasteiger partial charge in [-0.3, -0.25) is 10.1 Å². The average molecular weight is 390 g/mol. The summed E-state index contributed by atoms with van der Waals surface area (Å²) in [5.41, 5.74) is 6.78. The molecule has 7 heteroatoms. The number of sulfonamides is 1. The second-order valence-corrected chi connectivity index (χ2v) is 8.06. The average Bonchev–Trinajstić information content (AvgIpc) is 3.18. The maximum atomic E-state index is 11.5. The van der Waals surface area contributed by atoms with Gasteiger partial charge in [0.1, 0.15) is 0 Å². The first kappa shape index (κ1) is 18.1. The summed E-state index contributed by atoms with van der Waals surface area (Å²) in [6.45, 7) is 1.87. The maximum Gasteiger partial charge on any atom is 0.238 e. The van der Waals surface area contributed by atoms with E-state index in [-0.39, 0.29) is 4.90 Å². The van der Waals surface area contributed by atoms with E-state index < -0.39 is 10.0 Å². The lowest BCUT2D eigenvalue weighted by atomic mass is 9.97. The normalized spacial score (nSPS) is 11.5. The molecule has 0 atom stereocenters. The molecule has 4 aromatic rings. The molecule has 140 valence electrons. The van der Waals surface area contributed by atoms with Crippen LogP contribution >= 0.6 is 0 Å². The number of nitrogens with two attached hydrogens (primary N) is 1. The number of nitrogens with zero attached hydrogens (tertiary/aromatic N) is 2. The molecular weight excluding hydrogens is 372 g/mol. The van der Waals surface area contributed by atoms with Gasteiger partial charge in [0.15, 0.2) is 0 Å². The number of benzene rings is 2. The predicted molar refractivity (Wildman–Crippen MR) is 109 cm³/mol. The number of H-pyrrole nitrogens is 1. The van der Waals surface area contributed by atoms with E-state index in [4.69, 9.17) is 5.14 Å². The van der Waals surface area contributed by atoms with Gasteiger partial charge in [0.2, 0.25) is 10.0 Å². The molecule has 28 heavy (non-hydrogen) atoms. The van der Waals surface area contributed by atoms with E-state index >= 15 is 0 Å². The quantitative estimate of drug-likeness (QED) is 0.554. The number of pyridine rings is 1. The second kappa shape index (κ2) is 7.03. The largest absolute Gasteiger partial charge is 0.277 e. The fourth-order valence-electron chi connectivity index (χ4n) is 3.21. The van der Waals surface area contributed by atoms with Crippen molar-refractivity contribution in [2.75, 3.05) is 0 Å². The maximum absolute atomic E-state index is 11.5. The molecule has 0 saturated carbocycles. The third kappa shape index (κ3) is 3.45. The lowest BCUT2D eigenvalue weighted by molar-refractivity contribution is 0.597. The van der Waals surface area contributed by atoms with Gasteiger partial charge >= 0.3 is 0 Å². The van der Waals surface area contributed by atoms with Crippen molar-refractivity contribution in [3.8, 4) is 33.5 Å². The van der Waals surface area contributed by atoms with Gasteiger partial charge in [0, 0.05) is 23.5 Å².